The van der Waals surface area contributed by atoms with E-state index in [1.807, 2.05) is 46.0 Å². The average molecular weight is 558 g/mol. The van der Waals surface area contributed by atoms with Gasteiger partial charge in [0.15, 0.2) is 0 Å². The molecule has 0 aliphatic carbocycles. The van der Waals surface area contributed by atoms with E-state index in [-0.39, 0.29) is 18.3 Å². The van der Waals surface area contributed by atoms with Gasteiger partial charge in [-0.1, -0.05) is 31.2 Å². The van der Waals surface area contributed by atoms with E-state index in [4.69, 9.17) is 9.31 Å². The van der Waals surface area contributed by atoms with E-state index >= 15 is 0 Å². The highest BCUT2D eigenvalue weighted by Crippen LogP contribution is 2.36. The molecule has 0 radical (unpaired) electrons. The molecule has 41 heavy (non-hydrogen) atoms. The molecule has 216 valence electrons. The molecule has 2 aromatic heterocycles. The normalized spacial score (nSPS) is 19.8. The van der Waals surface area contributed by atoms with Crippen LogP contribution >= 0.6 is 0 Å². The monoisotopic (exact) mass is 557 g/mol. The van der Waals surface area contributed by atoms with E-state index < -0.39 is 6.09 Å². The van der Waals surface area contributed by atoms with E-state index in [1.54, 1.807) is 0 Å². The fraction of sp³-hybridized carbons (Fsp3) is 0.452. The third kappa shape index (κ3) is 5.50. The minimum absolute atomic E-state index is 0.305. The quantitative estimate of drug-likeness (QED) is 0.320. The minimum Gasteiger partial charge on any atom is -0.465 e. The number of hydrogen-bond acceptors (Lipinski definition) is 5. The predicted octanol–water partition coefficient (Wildman–Crippen LogP) is 5.77. The van der Waals surface area contributed by atoms with Crippen molar-refractivity contribution >= 4 is 46.2 Å². The van der Waals surface area contributed by atoms with Gasteiger partial charge in [0, 0.05) is 30.4 Å². The first-order valence-corrected chi connectivity index (χ1v) is 14.4. The zero-order valence-electron chi connectivity index (χ0n) is 25.1. The number of benzene rings is 2. The van der Waals surface area contributed by atoms with Gasteiger partial charge in [-0.05, 0) is 83.1 Å². The highest BCUT2D eigenvalue weighted by molar-refractivity contribution is 6.62. The molecule has 0 bridgehead atoms. The summed E-state index contributed by atoms with van der Waals surface area (Å²) in [5.41, 5.74) is 4.38. The maximum absolute atomic E-state index is 11.5. The van der Waals surface area contributed by atoms with Gasteiger partial charge in [0.05, 0.1) is 40.3 Å². The van der Waals surface area contributed by atoms with Crippen LogP contribution in [-0.2, 0) is 22.4 Å². The third-order valence-corrected chi connectivity index (χ3v) is 8.46. The Bertz CT molecular complexity index is 1590. The van der Waals surface area contributed by atoms with Crippen LogP contribution in [0.15, 0.2) is 54.9 Å². The molecule has 1 fully saturated rings. The Morgan fingerprint density at radius 2 is 1.51 bits per heavy atom. The van der Waals surface area contributed by atoms with Gasteiger partial charge in [-0.25, -0.2) is 4.79 Å². The number of hydrogen-bond donors (Lipinski definition) is 1. The molecule has 1 N–H and O–H groups in total. The molecule has 2 aliphatic heterocycles. The third-order valence-electron chi connectivity index (χ3n) is 8.46. The van der Waals surface area contributed by atoms with E-state index in [2.05, 4.69) is 76.9 Å². The summed E-state index contributed by atoms with van der Waals surface area (Å²) in [5, 5.41) is 20.3. The molecular weight excluding hydrogens is 517 g/mol. The molecule has 2 aliphatic rings. The zero-order chi connectivity index (χ0) is 29.5. The first-order chi connectivity index (χ1) is 19.4. The summed E-state index contributed by atoms with van der Waals surface area (Å²) < 4.78 is 16.1. The zero-order valence-corrected chi connectivity index (χ0v) is 25.1. The van der Waals surface area contributed by atoms with Crippen LogP contribution in [0.4, 0.5) is 4.79 Å². The molecular formula is C31H40BN5O4. The van der Waals surface area contributed by atoms with Gasteiger partial charge in [-0.2, -0.15) is 10.2 Å². The molecule has 0 saturated carbocycles. The van der Waals surface area contributed by atoms with Crippen LogP contribution in [0.25, 0.3) is 27.5 Å². The number of nitrogens with zero attached hydrogens (tertiary/aromatic N) is 5. The summed E-state index contributed by atoms with van der Waals surface area (Å²) in [4.78, 5) is 12.9. The van der Waals surface area contributed by atoms with Crippen molar-refractivity contribution in [2.75, 3.05) is 6.54 Å². The fourth-order valence-electron chi connectivity index (χ4n) is 5.34. The minimum atomic E-state index is -0.892. The highest BCUT2D eigenvalue weighted by atomic mass is 16.7. The number of rotatable bonds is 4. The molecule has 4 heterocycles. The number of carbonyl (C=O) groups is 1. The SMILES string of the molecule is CCn1ncc2cc(B3OC(C)(C)C(C)(C)O3)ccc21.CCn1ncc2cc(C3=CCC(C)CN3C(=O)O)ccc21. The first kappa shape index (κ1) is 28.9. The number of amides is 1. The lowest BCUT2D eigenvalue weighted by Crippen LogP contribution is -2.41. The molecule has 9 nitrogen and oxygen atoms in total. The standard InChI is InChI=1S/C16H19N3O2.C15H21BN2O2/c1-3-19-15-7-5-12(8-13(15)9-17-19)14-6-4-11(2)10-18(14)16(20)21;1-6-18-13-8-7-12(9-11(13)10-17-18)16-19-14(2,3)15(4,5)20-16/h5-9,11H,3-4,10H2,1-2H3,(H,20,21);7-10H,6H2,1-5H3. The van der Waals surface area contributed by atoms with E-state index in [9.17, 15) is 9.90 Å². The molecule has 6 rings (SSSR count). The Morgan fingerprint density at radius 3 is 2.07 bits per heavy atom. The van der Waals surface area contributed by atoms with Crippen molar-refractivity contribution in [1.82, 2.24) is 24.5 Å². The second-order valence-corrected chi connectivity index (χ2v) is 11.9. The molecule has 4 aromatic rings. The Kier molecular flexibility index (Phi) is 7.74. The largest absolute Gasteiger partial charge is 0.494 e. The van der Waals surface area contributed by atoms with Crippen molar-refractivity contribution in [3.05, 3.63) is 60.4 Å². The average Bonchev–Trinajstić information content (AvgIpc) is 3.60. The lowest BCUT2D eigenvalue weighted by atomic mass is 9.79. The topological polar surface area (TPSA) is 94.6 Å². The van der Waals surface area contributed by atoms with Crippen LogP contribution in [0, 0.1) is 5.92 Å². The maximum Gasteiger partial charge on any atom is 0.494 e. The molecule has 1 saturated heterocycles. The number of allylic oxidation sites excluding steroid dienone is 1. The van der Waals surface area contributed by atoms with Crippen LogP contribution in [0.1, 0.15) is 60.5 Å². The Hall–Kier alpha value is -3.63. The summed E-state index contributed by atoms with van der Waals surface area (Å²) in [5.74, 6) is 0.358. The van der Waals surface area contributed by atoms with Crippen LogP contribution in [0.5, 0.6) is 0 Å². The number of aromatic nitrogens is 4. The van der Waals surface area contributed by atoms with E-state index in [0.29, 0.717) is 12.5 Å². The van der Waals surface area contributed by atoms with E-state index in [1.165, 1.54) is 4.90 Å². The lowest BCUT2D eigenvalue weighted by molar-refractivity contribution is 0.00578. The van der Waals surface area contributed by atoms with Crippen molar-refractivity contribution in [2.24, 2.45) is 5.92 Å². The van der Waals surface area contributed by atoms with Crippen LogP contribution in [-0.4, -0.2) is 60.5 Å². The summed E-state index contributed by atoms with van der Waals surface area (Å²) in [6.45, 7) is 16.7. The number of carboxylic acid groups (broad SMARTS) is 1. The van der Waals surface area contributed by atoms with Gasteiger partial charge in [0.25, 0.3) is 0 Å². The molecule has 0 spiro atoms. The van der Waals surface area contributed by atoms with Crippen molar-refractivity contribution in [3.8, 4) is 0 Å². The van der Waals surface area contributed by atoms with Crippen molar-refractivity contribution in [3.63, 3.8) is 0 Å². The maximum atomic E-state index is 11.5. The highest BCUT2D eigenvalue weighted by Gasteiger charge is 2.51. The van der Waals surface area contributed by atoms with Gasteiger partial charge in [-0.3, -0.25) is 14.3 Å². The number of fused-ring (bicyclic) bond motifs is 2. The van der Waals surface area contributed by atoms with Gasteiger partial charge < -0.3 is 14.4 Å². The summed E-state index contributed by atoms with van der Waals surface area (Å²) in [7, 11) is -0.311. The van der Waals surface area contributed by atoms with Crippen LogP contribution < -0.4 is 5.46 Å². The van der Waals surface area contributed by atoms with E-state index in [0.717, 1.165) is 58.0 Å². The lowest BCUT2D eigenvalue weighted by Gasteiger charge is -2.32. The van der Waals surface area contributed by atoms with Gasteiger partial charge >= 0.3 is 13.2 Å². The van der Waals surface area contributed by atoms with Crippen molar-refractivity contribution < 1.29 is 19.2 Å². The van der Waals surface area contributed by atoms with Gasteiger partial charge in [0.1, 0.15) is 0 Å². The Morgan fingerprint density at radius 1 is 0.951 bits per heavy atom. The molecule has 1 atom stereocenters. The first-order valence-electron chi connectivity index (χ1n) is 14.4. The Balaban J connectivity index is 0.000000165. The Labute approximate surface area is 241 Å². The predicted molar refractivity (Wildman–Crippen MR) is 163 cm³/mol. The van der Waals surface area contributed by atoms with Crippen LogP contribution in [0.3, 0.4) is 0 Å². The molecule has 10 heteroatoms. The summed E-state index contributed by atoms with van der Waals surface area (Å²) in [6, 6.07) is 12.3. The molecule has 2 aromatic carbocycles. The van der Waals surface area contributed by atoms with Crippen molar-refractivity contribution in [2.45, 2.75) is 79.2 Å². The second-order valence-electron chi connectivity index (χ2n) is 11.9. The smallest absolute Gasteiger partial charge is 0.465 e. The second kappa shape index (κ2) is 11.0. The van der Waals surface area contributed by atoms with Gasteiger partial charge in [0.2, 0.25) is 0 Å². The summed E-state index contributed by atoms with van der Waals surface area (Å²) >= 11 is 0. The molecule has 1 amide bonds. The molecule has 1 unspecified atom stereocenters. The van der Waals surface area contributed by atoms with Crippen molar-refractivity contribution in [1.29, 1.82) is 0 Å². The summed E-state index contributed by atoms with van der Waals surface area (Å²) in [6.07, 6.45) is 5.77. The van der Waals surface area contributed by atoms with Crippen LogP contribution in [0.2, 0.25) is 0 Å². The fourth-order valence-corrected chi connectivity index (χ4v) is 5.34. The number of aryl methyl sites for hydroxylation is 2. The van der Waals surface area contributed by atoms with Gasteiger partial charge in [-0.15, -0.1) is 0 Å².